The van der Waals surface area contributed by atoms with Crippen molar-refractivity contribution < 1.29 is 17.9 Å². The summed E-state index contributed by atoms with van der Waals surface area (Å²) in [4.78, 5) is 15.7. The summed E-state index contributed by atoms with van der Waals surface area (Å²) in [6, 6.07) is 0. The number of sulfone groups is 1. The summed E-state index contributed by atoms with van der Waals surface area (Å²) in [5, 5.41) is 0. The van der Waals surface area contributed by atoms with Crippen LogP contribution in [-0.4, -0.2) is 81.6 Å². The Morgan fingerprint density at radius 1 is 1.38 bits per heavy atom. The van der Waals surface area contributed by atoms with Gasteiger partial charge < -0.3 is 14.5 Å². The summed E-state index contributed by atoms with van der Waals surface area (Å²) in [6.07, 6.45) is 1.10. The van der Waals surface area contributed by atoms with Gasteiger partial charge in [-0.2, -0.15) is 0 Å². The first-order valence-electron chi connectivity index (χ1n) is 7.55. The fraction of sp³-hybridized carbons (Fsp3) is 0.929. The van der Waals surface area contributed by atoms with Gasteiger partial charge in [0.05, 0.1) is 12.4 Å². The van der Waals surface area contributed by atoms with Gasteiger partial charge in [0, 0.05) is 38.6 Å². The lowest BCUT2D eigenvalue weighted by Gasteiger charge is -2.50. The largest absolute Gasteiger partial charge is 0.381 e. The van der Waals surface area contributed by atoms with Crippen LogP contribution < -0.4 is 0 Å². The molecule has 7 heteroatoms. The summed E-state index contributed by atoms with van der Waals surface area (Å²) in [5.74, 6) is 0.303. The predicted octanol–water partition coefficient (Wildman–Crippen LogP) is -0.00970. The van der Waals surface area contributed by atoms with Gasteiger partial charge in [-0.25, -0.2) is 8.42 Å². The van der Waals surface area contributed by atoms with Crippen LogP contribution in [0, 0.1) is 5.92 Å². The van der Waals surface area contributed by atoms with Gasteiger partial charge in [0.15, 0.2) is 9.84 Å². The molecule has 122 valence electrons. The first-order chi connectivity index (χ1) is 9.82. The van der Waals surface area contributed by atoms with E-state index in [9.17, 15) is 13.2 Å². The average molecular weight is 318 g/mol. The molecule has 0 aromatic carbocycles. The van der Waals surface area contributed by atoms with Gasteiger partial charge in [-0.15, -0.1) is 0 Å². The third-order valence-corrected chi connectivity index (χ3v) is 7.27. The zero-order chi connectivity index (χ0) is 15.7. The topological polar surface area (TPSA) is 66.9 Å². The highest BCUT2D eigenvalue weighted by atomic mass is 32.2. The maximum Gasteiger partial charge on any atom is 0.223 e. The molecule has 2 fully saturated rings. The molecule has 2 aliphatic heterocycles. The molecule has 21 heavy (non-hydrogen) atoms. The van der Waals surface area contributed by atoms with Crippen molar-refractivity contribution in [1.29, 1.82) is 0 Å². The maximum atomic E-state index is 12.4. The Balaban J connectivity index is 1.98. The predicted molar refractivity (Wildman–Crippen MR) is 80.9 cm³/mol. The zero-order valence-electron chi connectivity index (χ0n) is 13.2. The normalized spacial score (nSPS) is 26.3. The number of likely N-dealkylation sites (tertiary alicyclic amines) is 1. The number of hydrogen-bond donors (Lipinski definition) is 0. The highest BCUT2D eigenvalue weighted by Crippen LogP contribution is 2.44. The first-order valence-corrected chi connectivity index (χ1v) is 9.20. The van der Waals surface area contributed by atoms with E-state index in [0.717, 1.165) is 0 Å². The Labute approximate surface area is 127 Å². The summed E-state index contributed by atoms with van der Waals surface area (Å²) >= 11 is 0. The van der Waals surface area contributed by atoms with E-state index in [1.807, 2.05) is 25.9 Å². The van der Waals surface area contributed by atoms with E-state index in [-0.39, 0.29) is 17.6 Å². The standard InChI is InChI=1S/C14H26N2O4S/c1-4-20-9-12-6-8-21(18,19)14(12)10-16(11-14)13(17)5-7-15(2)3/h12H,4-11H2,1-3H3. The monoisotopic (exact) mass is 318 g/mol. The molecule has 1 amide bonds. The fourth-order valence-corrected chi connectivity index (χ4v) is 5.62. The lowest BCUT2D eigenvalue weighted by atomic mass is 9.83. The fourth-order valence-electron chi connectivity index (χ4n) is 3.22. The number of rotatable bonds is 6. The number of amides is 1. The van der Waals surface area contributed by atoms with Gasteiger partial charge in [-0.3, -0.25) is 4.79 Å². The second kappa shape index (κ2) is 6.22. The second-order valence-corrected chi connectivity index (χ2v) is 8.78. The van der Waals surface area contributed by atoms with Crippen LogP contribution in [-0.2, 0) is 19.4 Å². The van der Waals surface area contributed by atoms with Crippen LogP contribution in [0.3, 0.4) is 0 Å². The van der Waals surface area contributed by atoms with Crippen molar-refractivity contribution in [1.82, 2.24) is 9.80 Å². The minimum absolute atomic E-state index is 0.0281. The number of carbonyl (C=O) groups is 1. The number of ether oxygens (including phenoxy) is 1. The van der Waals surface area contributed by atoms with Crippen molar-refractivity contribution in [3.8, 4) is 0 Å². The van der Waals surface area contributed by atoms with E-state index < -0.39 is 14.6 Å². The van der Waals surface area contributed by atoms with Gasteiger partial charge in [0.2, 0.25) is 5.91 Å². The van der Waals surface area contributed by atoms with E-state index in [2.05, 4.69) is 0 Å². The Bertz CT molecular complexity index is 483. The minimum atomic E-state index is -3.11. The van der Waals surface area contributed by atoms with Gasteiger partial charge in [0.25, 0.3) is 0 Å². The number of carbonyl (C=O) groups excluding carboxylic acids is 1. The molecule has 0 bridgehead atoms. The first kappa shape index (κ1) is 16.7. The molecule has 1 unspecified atom stereocenters. The number of hydrogen-bond acceptors (Lipinski definition) is 5. The molecule has 0 aliphatic carbocycles. The lowest BCUT2D eigenvalue weighted by molar-refractivity contribution is -0.138. The zero-order valence-corrected chi connectivity index (χ0v) is 14.0. The van der Waals surface area contributed by atoms with Crippen LogP contribution in [0.5, 0.6) is 0 Å². The molecule has 0 saturated carbocycles. The lowest BCUT2D eigenvalue weighted by Crippen LogP contribution is -2.68. The molecule has 2 rings (SSSR count). The maximum absolute atomic E-state index is 12.4. The van der Waals surface area contributed by atoms with Crippen molar-refractivity contribution in [2.24, 2.45) is 5.92 Å². The Hall–Kier alpha value is -0.660. The van der Waals surface area contributed by atoms with Crippen LogP contribution >= 0.6 is 0 Å². The Morgan fingerprint density at radius 3 is 2.62 bits per heavy atom. The molecular formula is C14H26N2O4S. The van der Waals surface area contributed by atoms with Crippen molar-refractivity contribution in [2.75, 3.05) is 52.7 Å². The van der Waals surface area contributed by atoms with Crippen LogP contribution in [0.15, 0.2) is 0 Å². The van der Waals surface area contributed by atoms with Crippen LogP contribution in [0.2, 0.25) is 0 Å². The quantitative estimate of drug-likeness (QED) is 0.689. The molecule has 2 heterocycles. The molecule has 2 saturated heterocycles. The Kier molecular flexibility index (Phi) is 4.95. The van der Waals surface area contributed by atoms with Crippen molar-refractivity contribution in [2.45, 2.75) is 24.5 Å². The van der Waals surface area contributed by atoms with Crippen molar-refractivity contribution in [3.05, 3.63) is 0 Å². The van der Waals surface area contributed by atoms with E-state index in [1.165, 1.54) is 0 Å². The SMILES string of the molecule is CCOCC1CCS(=O)(=O)C12CN(C(=O)CCN(C)C)C2. The van der Waals surface area contributed by atoms with Crippen LogP contribution in [0.25, 0.3) is 0 Å². The van der Waals surface area contributed by atoms with Crippen molar-refractivity contribution in [3.63, 3.8) is 0 Å². The van der Waals surface area contributed by atoms with E-state index >= 15 is 0 Å². The highest BCUT2D eigenvalue weighted by Gasteiger charge is 2.62. The Morgan fingerprint density at radius 2 is 2.05 bits per heavy atom. The summed E-state index contributed by atoms with van der Waals surface area (Å²) in [5.41, 5.74) is 0. The number of nitrogens with zero attached hydrogens (tertiary/aromatic N) is 2. The molecule has 1 atom stereocenters. The van der Waals surface area contributed by atoms with Gasteiger partial charge in [-0.05, 0) is 27.4 Å². The van der Waals surface area contributed by atoms with E-state index in [4.69, 9.17) is 4.74 Å². The summed E-state index contributed by atoms with van der Waals surface area (Å²) < 4.78 is 29.4. The van der Waals surface area contributed by atoms with Crippen molar-refractivity contribution >= 4 is 15.7 Å². The van der Waals surface area contributed by atoms with Crippen LogP contribution in [0.4, 0.5) is 0 Å². The molecule has 0 aromatic heterocycles. The second-order valence-electron chi connectivity index (χ2n) is 6.33. The molecule has 2 aliphatic rings. The highest BCUT2D eigenvalue weighted by molar-refractivity contribution is 7.93. The van der Waals surface area contributed by atoms with Crippen LogP contribution in [0.1, 0.15) is 19.8 Å². The molecule has 0 aromatic rings. The van der Waals surface area contributed by atoms with Gasteiger partial charge in [0.1, 0.15) is 4.75 Å². The van der Waals surface area contributed by atoms with E-state index in [0.29, 0.717) is 45.7 Å². The van der Waals surface area contributed by atoms with E-state index in [1.54, 1.807) is 4.90 Å². The molecule has 6 nitrogen and oxygen atoms in total. The third kappa shape index (κ3) is 3.10. The average Bonchev–Trinajstić information content (AvgIpc) is 2.62. The molecule has 0 N–H and O–H groups in total. The minimum Gasteiger partial charge on any atom is -0.381 e. The van der Waals surface area contributed by atoms with Gasteiger partial charge in [-0.1, -0.05) is 0 Å². The molecule has 1 spiro atoms. The summed E-state index contributed by atoms with van der Waals surface area (Å²) in [7, 11) is 0.731. The third-order valence-electron chi connectivity index (χ3n) is 4.66. The van der Waals surface area contributed by atoms with Gasteiger partial charge >= 0.3 is 0 Å². The molecule has 0 radical (unpaired) electrons. The smallest absolute Gasteiger partial charge is 0.223 e. The molecular weight excluding hydrogens is 292 g/mol. The summed E-state index contributed by atoms with van der Waals surface area (Å²) in [6.45, 7) is 4.37.